The molecule has 0 atom stereocenters. The summed E-state index contributed by atoms with van der Waals surface area (Å²) in [4.78, 5) is 30.4. The van der Waals surface area contributed by atoms with Crippen LogP contribution in [0, 0.1) is 0 Å². The molecular formula is C15H14N6O2S. The van der Waals surface area contributed by atoms with Gasteiger partial charge in [0.15, 0.2) is 0 Å². The Kier molecular flexibility index (Phi) is 3.17. The molecule has 4 rings (SSSR count). The molecule has 3 heterocycles. The minimum atomic E-state index is -0.377. The van der Waals surface area contributed by atoms with Crippen molar-refractivity contribution in [3.8, 4) is 16.9 Å². The normalized spacial score (nSPS) is 13.6. The van der Waals surface area contributed by atoms with Crippen molar-refractivity contribution in [2.75, 3.05) is 22.5 Å². The van der Waals surface area contributed by atoms with Crippen LogP contribution in [0.4, 0.5) is 17.3 Å². The van der Waals surface area contributed by atoms with Crippen LogP contribution in [0.2, 0.25) is 0 Å². The smallest absolute Gasteiger partial charge is 0.332 e. The number of carbonyl (C=O) groups is 1. The van der Waals surface area contributed by atoms with Gasteiger partial charge in [0.1, 0.15) is 17.3 Å². The van der Waals surface area contributed by atoms with Gasteiger partial charge in [0.25, 0.3) is 0 Å². The Morgan fingerprint density at radius 1 is 1.12 bits per heavy atom. The highest BCUT2D eigenvalue weighted by Crippen LogP contribution is 2.35. The van der Waals surface area contributed by atoms with Gasteiger partial charge >= 0.3 is 5.69 Å². The van der Waals surface area contributed by atoms with Crippen LogP contribution >= 0.6 is 11.8 Å². The van der Waals surface area contributed by atoms with Crippen LogP contribution in [0.5, 0.6) is 0 Å². The Bertz CT molecular complexity index is 1020. The van der Waals surface area contributed by atoms with E-state index in [2.05, 4.69) is 15.3 Å². The molecule has 1 aliphatic heterocycles. The summed E-state index contributed by atoms with van der Waals surface area (Å²) in [7, 11) is 0. The number of anilines is 3. The van der Waals surface area contributed by atoms with Crippen LogP contribution in [0.25, 0.3) is 16.9 Å². The second-order valence-corrected chi connectivity index (χ2v) is 6.37. The number of nitrogen functional groups attached to an aromatic ring is 2. The van der Waals surface area contributed by atoms with Crippen molar-refractivity contribution in [3.05, 3.63) is 40.9 Å². The molecule has 24 heavy (non-hydrogen) atoms. The minimum Gasteiger partial charge on any atom is -0.385 e. The van der Waals surface area contributed by atoms with E-state index in [9.17, 15) is 9.59 Å². The minimum absolute atomic E-state index is 0.0688. The Morgan fingerprint density at radius 3 is 2.71 bits per heavy atom. The quantitative estimate of drug-likeness (QED) is 0.479. The van der Waals surface area contributed by atoms with Gasteiger partial charge in [-0.05, 0) is 24.3 Å². The second-order valence-electron chi connectivity index (χ2n) is 5.35. The van der Waals surface area contributed by atoms with E-state index in [1.54, 1.807) is 18.3 Å². The lowest BCUT2D eigenvalue weighted by Gasteiger charge is -2.17. The van der Waals surface area contributed by atoms with Gasteiger partial charge < -0.3 is 21.8 Å². The number of fused-ring (bicyclic) bond motifs is 1. The average Bonchev–Trinajstić information content (AvgIpc) is 3.08. The van der Waals surface area contributed by atoms with Crippen molar-refractivity contribution in [3.63, 3.8) is 0 Å². The monoisotopic (exact) mass is 342 g/mol. The van der Waals surface area contributed by atoms with Crippen LogP contribution in [0.3, 0.4) is 0 Å². The maximum atomic E-state index is 12.4. The van der Waals surface area contributed by atoms with Gasteiger partial charge in [-0.2, -0.15) is 0 Å². The van der Waals surface area contributed by atoms with E-state index in [1.165, 1.54) is 16.3 Å². The molecule has 0 unspecified atom stereocenters. The number of amides is 1. The van der Waals surface area contributed by atoms with Gasteiger partial charge in [-0.1, -0.05) is 0 Å². The molecule has 0 spiro atoms. The number of nitrogens with zero attached hydrogens (tertiary/aromatic N) is 1. The number of aromatic amines is 2. The summed E-state index contributed by atoms with van der Waals surface area (Å²) < 4.78 is 1.45. The maximum absolute atomic E-state index is 12.4. The van der Waals surface area contributed by atoms with Gasteiger partial charge in [0.05, 0.1) is 17.1 Å². The number of nitrogens with one attached hydrogen (secondary N) is 3. The topological polar surface area (TPSA) is 135 Å². The van der Waals surface area contributed by atoms with Gasteiger partial charge in [-0.3, -0.25) is 14.3 Å². The van der Waals surface area contributed by atoms with Crippen LogP contribution < -0.4 is 22.5 Å². The predicted molar refractivity (Wildman–Crippen MR) is 94.4 cm³/mol. The number of thioether (sulfide) groups is 1. The van der Waals surface area contributed by atoms with Gasteiger partial charge in [-0.25, -0.2) is 4.79 Å². The molecule has 0 saturated heterocycles. The average molecular weight is 342 g/mol. The summed E-state index contributed by atoms with van der Waals surface area (Å²) in [6.45, 7) is 0. The zero-order valence-electron chi connectivity index (χ0n) is 12.4. The number of hydrogen-bond donors (Lipinski definition) is 5. The standard InChI is InChI=1S/C15H14N6O2S/c16-13-8(3-4-18-13)12-14(17)20-15(23)21(12)7-1-2-10-9(5-7)19-11(22)6-24-10/h1-5,18H,6,16-17H2,(H,19,22)(H,20,23). The molecule has 0 saturated carbocycles. The zero-order valence-corrected chi connectivity index (χ0v) is 13.2. The van der Waals surface area contributed by atoms with E-state index in [0.717, 1.165) is 4.90 Å². The predicted octanol–water partition coefficient (Wildman–Crippen LogP) is 1.37. The Labute approximate surface area is 140 Å². The van der Waals surface area contributed by atoms with Crippen molar-refractivity contribution in [2.24, 2.45) is 0 Å². The Balaban J connectivity index is 1.92. The fourth-order valence-electron chi connectivity index (χ4n) is 2.76. The first-order valence-electron chi connectivity index (χ1n) is 7.15. The third-order valence-corrected chi connectivity index (χ3v) is 4.89. The number of rotatable bonds is 2. The number of benzene rings is 1. The second kappa shape index (κ2) is 5.24. The van der Waals surface area contributed by atoms with E-state index in [1.807, 2.05) is 12.1 Å². The molecule has 3 aromatic rings. The van der Waals surface area contributed by atoms with E-state index < -0.39 is 0 Å². The van der Waals surface area contributed by atoms with Gasteiger partial charge in [0.2, 0.25) is 5.91 Å². The fourth-order valence-corrected chi connectivity index (χ4v) is 3.55. The van der Waals surface area contributed by atoms with Crippen molar-refractivity contribution in [1.82, 2.24) is 14.5 Å². The maximum Gasteiger partial charge on any atom is 0.332 e. The summed E-state index contributed by atoms with van der Waals surface area (Å²) in [5.41, 5.74) is 13.9. The Hall–Kier alpha value is -3.07. The number of aromatic nitrogens is 3. The third-order valence-electron chi connectivity index (χ3n) is 3.81. The lowest BCUT2D eigenvalue weighted by atomic mass is 10.2. The molecule has 1 aliphatic rings. The number of carbonyl (C=O) groups excluding carboxylic acids is 1. The van der Waals surface area contributed by atoms with Gasteiger partial charge in [-0.15, -0.1) is 11.8 Å². The fraction of sp³-hybridized carbons (Fsp3) is 0.0667. The first-order chi connectivity index (χ1) is 11.5. The van der Waals surface area contributed by atoms with Crippen LogP contribution in [-0.2, 0) is 4.79 Å². The molecule has 1 amide bonds. The number of imidazole rings is 1. The Morgan fingerprint density at radius 2 is 1.96 bits per heavy atom. The molecule has 0 fully saturated rings. The molecule has 0 aliphatic carbocycles. The number of H-pyrrole nitrogens is 2. The molecule has 8 nitrogen and oxygen atoms in total. The van der Waals surface area contributed by atoms with E-state index >= 15 is 0 Å². The molecule has 7 N–H and O–H groups in total. The number of nitrogens with two attached hydrogens (primary N) is 2. The molecule has 2 aromatic heterocycles. The molecule has 0 bridgehead atoms. The van der Waals surface area contributed by atoms with E-state index in [0.29, 0.717) is 34.2 Å². The SMILES string of the molecule is Nc1[nH]ccc1-c1c(N)[nH]c(=O)n1-c1ccc2c(c1)NC(=O)CS2. The highest BCUT2D eigenvalue weighted by atomic mass is 32.2. The van der Waals surface area contributed by atoms with E-state index in [4.69, 9.17) is 11.5 Å². The van der Waals surface area contributed by atoms with Gasteiger partial charge in [0, 0.05) is 16.7 Å². The number of hydrogen-bond acceptors (Lipinski definition) is 5. The molecular weight excluding hydrogens is 328 g/mol. The molecule has 9 heteroatoms. The van der Waals surface area contributed by atoms with Crippen LogP contribution in [0.1, 0.15) is 0 Å². The zero-order chi connectivity index (χ0) is 16.8. The van der Waals surface area contributed by atoms with Crippen LogP contribution in [-0.4, -0.2) is 26.2 Å². The summed E-state index contributed by atoms with van der Waals surface area (Å²) in [5.74, 6) is 0.952. The van der Waals surface area contributed by atoms with Crippen molar-refractivity contribution in [2.45, 2.75) is 4.90 Å². The van der Waals surface area contributed by atoms with E-state index in [-0.39, 0.29) is 17.4 Å². The summed E-state index contributed by atoms with van der Waals surface area (Å²) in [6, 6.07) is 7.18. The molecule has 0 radical (unpaired) electrons. The lowest BCUT2D eigenvalue weighted by molar-refractivity contribution is -0.113. The lowest BCUT2D eigenvalue weighted by Crippen LogP contribution is -2.20. The molecule has 1 aromatic carbocycles. The van der Waals surface area contributed by atoms with Crippen molar-refractivity contribution >= 4 is 35.0 Å². The highest BCUT2D eigenvalue weighted by Gasteiger charge is 2.21. The van der Waals surface area contributed by atoms with Crippen molar-refractivity contribution in [1.29, 1.82) is 0 Å². The van der Waals surface area contributed by atoms with Crippen molar-refractivity contribution < 1.29 is 4.79 Å². The largest absolute Gasteiger partial charge is 0.385 e. The summed E-state index contributed by atoms with van der Waals surface area (Å²) in [5, 5.41) is 2.81. The summed E-state index contributed by atoms with van der Waals surface area (Å²) in [6.07, 6.45) is 1.68. The first-order valence-corrected chi connectivity index (χ1v) is 8.14. The molecule has 122 valence electrons. The third kappa shape index (κ3) is 2.17. The first kappa shape index (κ1) is 14.5. The summed E-state index contributed by atoms with van der Waals surface area (Å²) >= 11 is 1.46. The highest BCUT2D eigenvalue weighted by molar-refractivity contribution is 8.00. The van der Waals surface area contributed by atoms with Crippen LogP contribution in [0.15, 0.2) is 40.2 Å².